The largest absolute Gasteiger partial charge is 0.385 e. The van der Waals surface area contributed by atoms with Crippen molar-refractivity contribution in [1.82, 2.24) is 14.9 Å². The molecule has 0 atom stereocenters. The van der Waals surface area contributed by atoms with Crippen LogP contribution in [0.3, 0.4) is 0 Å². The first kappa shape index (κ1) is 25.9. The minimum absolute atomic E-state index is 0.0994. The van der Waals surface area contributed by atoms with Gasteiger partial charge in [-0.3, -0.25) is 14.6 Å². The van der Waals surface area contributed by atoms with Crippen LogP contribution in [0.2, 0.25) is 0 Å². The summed E-state index contributed by atoms with van der Waals surface area (Å²) in [5, 5.41) is 17.6. The molecule has 9 nitrogen and oxygen atoms in total. The standard InChI is InChI=1S/C30H30N6O3/c31-28(37)25-20-34-27(18-26(25)33-19-21-5-2-1-3-6-21)35-24-8-4-7-22(17-24)29(38)36-15-11-30(39,12-16-36)23-9-13-32-14-10-23/h1-10,13-14,17-18,20,39H,11-12,15-16,19H2,(H2,31,37)(H2,33,34,35). The summed E-state index contributed by atoms with van der Waals surface area (Å²) in [5.41, 5.74) is 8.54. The van der Waals surface area contributed by atoms with Crippen LogP contribution in [0, 0.1) is 0 Å². The van der Waals surface area contributed by atoms with Crippen LogP contribution >= 0.6 is 0 Å². The van der Waals surface area contributed by atoms with Crippen LogP contribution < -0.4 is 16.4 Å². The average molecular weight is 523 g/mol. The lowest BCUT2D eigenvalue weighted by Gasteiger charge is -2.38. The van der Waals surface area contributed by atoms with Gasteiger partial charge in [0.2, 0.25) is 0 Å². The maximum Gasteiger partial charge on any atom is 0.253 e. The quantitative estimate of drug-likeness (QED) is 0.274. The van der Waals surface area contributed by atoms with E-state index in [1.807, 2.05) is 48.5 Å². The molecule has 39 heavy (non-hydrogen) atoms. The number of nitrogens with zero attached hydrogens (tertiary/aromatic N) is 3. The summed E-state index contributed by atoms with van der Waals surface area (Å²) in [6.07, 6.45) is 5.68. The third kappa shape index (κ3) is 6.05. The lowest BCUT2D eigenvalue weighted by atomic mass is 9.85. The smallest absolute Gasteiger partial charge is 0.253 e. The second-order valence-electron chi connectivity index (χ2n) is 9.58. The Morgan fingerprint density at radius 1 is 0.974 bits per heavy atom. The van der Waals surface area contributed by atoms with E-state index >= 15 is 0 Å². The fourth-order valence-corrected chi connectivity index (χ4v) is 4.75. The first-order valence-corrected chi connectivity index (χ1v) is 12.8. The number of pyridine rings is 2. The van der Waals surface area contributed by atoms with Crippen molar-refractivity contribution in [2.75, 3.05) is 23.7 Å². The van der Waals surface area contributed by atoms with E-state index in [9.17, 15) is 14.7 Å². The molecule has 5 rings (SSSR count). The topological polar surface area (TPSA) is 133 Å². The van der Waals surface area contributed by atoms with Crippen LogP contribution in [0.5, 0.6) is 0 Å². The van der Waals surface area contributed by atoms with E-state index < -0.39 is 11.5 Å². The molecule has 9 heteroatoms. The van der Waals surface area contributed by atoms with Gasteiger partial charge in [0, 0.05) is 55.5 Å². The monoisotopic (exact) mass is 522 g/mol. The van der Waals surface area contributed by atoms with Crippen molar-refractivity contribution >= 4 is 29.0 Å². The molecule has 3 heterocycles. The van der Waals surface area contributed by atoms with Gasteiger partial charge < -0.3 is 26.4 Å². The molecule has 4 aromatic rings. The number of primary amides is 1. The molecule has 0 spiro atoms. The van der Waals surface area contributed by atoms with E-state index in [4.69, 9.17) is 5.73 Å². The predicted molar refractivity (Wildman–Crippen MR) is 150 cm³/mol. The maximum atomic E-state index is 13.3. The molecular formula is C30H30N6O3. The summed E-state index contributed by atoms with van der Waals surface area (Å²) >= 11 is 0. The lowest BCUT2D eigenvalue weighted by Crippen LogP contribution is -2.45. The minimum Gasteiger partial charge on any atom is -0.385 e. The summed E-state index contributed by atoms with van der Waals surface area (Å²) in [6, 6.07) is 22.4. The van der Waals surface area contributed by atoms with Gasteiger partial charge >= 0.3 is 0 Å². The van der Waals surface area contributed by atoms with E-state index in [0.717, 1.165) is 11.1 Å². The number of hydrogen-bond donors (Lipinski definition) is 4. The Morgan fingerprint density at radius 3 is 2.44 bits per heavy atom. The van der Waals surface area contributed by atoms with E-state index in [1.54, 1.807) is 41.6 Å². The van der Waals surface area contributed by atoms with Gasteiger partial charge in [0.25, 0.3) is 11.8 Å². The third-order valence-electron chi connectivity index (χ3n) is 6.97. The Kier molecular flexibility index (Phi) is 7.51. The van der Waals surface area contributed by atoms with E-state index in [1.165, 1.54) is 6.20 Å². The Balaban J connectivity index is 1.27. The SMILES string of the molecule is NC(=O)c1cnc(Nc2cccc(C(=O)N3CCC(O)(c4ccncc4)CC3)c2)cc1NCc1ccccc1. The van der Waals surface area contributed by atoms with Crippen LogP contribution in [-0.2, 0) is 12.1 Å². The molecule has 1 aliphatic heterocycles. The van der Waals surface area contributed by atoms with Crippen molar-refractivity contribution in [3.63, 3.8) is 0 Å². The van der Waals surface area contributed by atoms with Crippen LogP contribution in [0.1, 0.15) is 44.7 Å². The number of rotatable bonds is 8. The fourth-order valence-electron chi connectivity index (χ4n) is 4.75. The van der Waals surface area contributed by atoms with Gasteiger partial charge in [-0.15, -0.1) is 0 Å². The molecule has 5 N–H and O–H groups in total. The third-order valence-corrected chi connectivity index (χ3v) is 6.97. The van der Waals surface area contributed by atoms with Gasteiger partial charge in [0.15, 0.2) is 0 Å². The highest BCUT2D eigenvalue weighted by molar-refractivity contribution is 5.99. The molecule has 1 aliphatic rings. The molecule has 2 aromatic carbocycles. The molecule has 0 unspecified atom stereocenters. The molecule has 2 aromatic heterocycles. The summed E-state index contributed by atoms with van der Waals surface area (Å²) in [6.45, 7) is 1.41. The molecule has 2 amide bonds. The normalized spacial score (nSPS) is 14.4. The number of aliphatic hydroxyl groups is 1. The zero-order chi connectivity index (χ0) is 27.2. The lowest BCUT2D eigenvalue weighted by molar-refractivity contribution is -0.0212. The number of anilines is 3. The fraction of sp³-hybridized carbons (Fsp3) is 0.200. The predicted octanol–water partition coefficient (Wildman–Crippen LogP) is 4.06. The Hall–Kier alpha value is -4.76. The highest BCUT2D eigenvalue weighted by atomic mass is 16.3. The zero-order valence-electron chi connectivity index (χ0n) is 21.4. The van der Waals surface area contributed by atoms with E-state index in [0.29, 0.717) is 55.2 Å². The Morgan fingerprint density at radius 2 is 1.72 bits per heavy atom. The molecule has 0 radical (unpaired) electrons. The number of hydrogen-bond acceptors (Lipinski definition) is 7. The number of nitrogens with two attached hydrogens (primary N) is 1. The molecular weight excluding hydrogens is 492 g/mol. The molecule has 198 valence electrons. The van der Waals surface area contributed by atoms with Gasteiger partial charge in [0.1, 0.15) is 5.82 Å². The number of carbonyl (C=O) groups is 2. The summed E-state index contributed by atoms with van der Waals surface area (Å²) in [4.78, 5) is 35.4. The number of aromatic nitrogens is 2. The van der Waals surface area contributed by atoms with E-state index in [-0.39, 0.29) is 11.5 Å². The highest BCUT2D eigenvalue weighted by Gasteiger charge is 2.35. The van der Waals surface area contributed by atoms with Gasteiger partial charge in [0.05, 0.1) is 16.9 Å². The van der Waals surface area contributed by atoms with Crippen molar-refractivity contribution in [2.45, 2.75) is 25.0 Å². The number of amides is 2. The molecule has 1 saturated heterocycles. The second kappa shape index (κ2) is 11.3. The van der Waals surface area contributed by atoms with Crippen molar-refractivity contribution < 1.29 is 14.7 Å². The van der Waals surface area contributed by atoms with Crippen LogP contribution in [0.4, 0.5) is 17.2 Å². The summed E-state index contributed by atoms with van der Waals surface area (Å²) < 4.78 is 0. The molecule has 0 saturated carbocycles. The van der Waals surface area contributed by atoms with Crippen LogP contribution in [0.25, 0.3) is 0 Å². The summed E-state index contributed by atoms with van der Waals surface area (Å²) in [5.74, 6) is -0.173. The first-order chi connectivity index (χ1) is 18.9. The van der Waals surface area contributed by atoms with E-state index in [2.05, 4.69) is 20.6 Å². The molecule has 0 bridgehead atoms. The van der Waals surface area contributed by atoms with Crippen LogP contribution in [0.15, 0.2) is 91.4 Å². The van der Waals surface area contributed by atoms with Crippen molar-refractivity contribution in [1.29, 1.82) is 0 Å². The highest BCUT2D eigenvalue weighted by Crippen LogP contribution is 2.33. The molecule has 1 fully saturated rings. The van der Waals surface area contributed by atoms with Crippen molar-refractivity contribution in [3.05, 3.63) is 114 Å². The van der Waals surface area contributed by atoms with Gasteiger partial charge in [-0.25, -0.2) is 4.98 Å². The average Bonchev–Trinajstić information content (AvgIpc) is 2.97. The number of nitrogens with one attached hydrogen (secondary N) is 2. The Bertz CT molecular complexity index is 1450. The number of carbonyl (C=O) groups excluding carboxylic acids is 2. The van der Waals surface area contributed by atoms with Crippen molar-refractivity contribution in [2.24, 2.45) is 5.73 Å². The van der Waals surface area contributed by atoms with Crippen molar-refractivity contribution in [3.8, 4) is 0 Å². The van der Waals surface area contributed by atoms with Gasteiger partial charge in [-0.05, 0) is 54.3 Å². The summed E-state index contributed by atoms with van der Waals surface area (Å²) in [7, 11) is 0. The zero-order valence-corrected chi connectivity index (χ0v) is 21.4. The number of likely N-dealkylation sites (tertiary alicyclic amines) is 1. The molecule has 0 aliphatic carbocycles. The van der Waals surface area contributed by atoms with Gasteiger partial charge in [-0.1, -0.05) is 36.4 Å². The maximum absolute atomic E-state index is 13.3. The van der Waals surface area contributed by atoms with Crippen LogP contribution in [-0.4, -0.2) is 44.9 Å². The number of piperidine rings is 1. The first-order valence-electron chi connectivity index (χ1n) is 12.8. The Labute approximate surface area is 226 Å². The number of benzene rings is 2. The minimum atomic E-state index is -0.960. The second-order valence-corrected chi connectivity index (χ2v) is 9.58. The van der Waals surface area contributed by atoms with Gasteiger partial charge in [-0.2, -0.15) is 0 Å².